The largest absolute Gasteiger partial charge is 0.456 e. The second-order valence-electron chi connectivity index (χ2n) is 6.27. The smallest absolute Gasteiger partial charge is 0.348 e. The van der Waals surface area contributed by atoms with Gasteiger partial charge in [0.1, 0.15) is 16.3 Å². The van der Waals surface area contributed by atoms with Gasteiger partial charge in [0.2, 0.25) is 0 Å². The van der Waals surface area contributed by atoms with Crippen LogP contribution in [-0.4, -0.2) is 21.5 Å². The van der Waals surface area contributed by atoms with Gasteiger partial charge in [-0.3, -0.25) is 0 Å². The van der Waals surface area contributed by atoms with Gasteiger partial charge in [-0.2, -0.15) is 0 Å². The fourth-order valence-corrected chi connectivity index (χ4v) is 2.81. The standard InChI is InChI=1S/C16H18N2O2S/c1-16(2,3)20-15(19)13-7-6-12(21-13)11-8-17-14(18-9-11)10-4-5-10/h6-10H,4-5H2,1-3H3. The van der Waals surface area contributed by atoms with Crippen molar-refractivity contribution < 1.29 is 9.53 Å². The van der Waals surface area contributed by atoms with Gasteiger partial charge >= 0.3 is 5.97 Å². The Labute approximate surface area is 128 Å². The van der Waals surface area contributed by atoms with Crippen molar-refractivity contribution in [2.75, 3.05) is 0 Å². The van der Waals surface area contributed by atoms with Crippen LogP contribution in [0, 0.1) is 0 Å². The van der Waals surface area contributed by atoms with Crippen molar-refractivity contribution in [1.29, 1.82) is 0 Å². The first-order valence-electron chi connectivity index (χ1n) is 7.08. The van der Waals surface area contributed by atoms with Crippen molar-refractivity contribution in [2.45, 2.75) is 45.1 Å². The topological polar surface area (TPSA) is 52.1 Å². The number of aromatic nitrogens is 2. The molecule has 2 aromatic heterocycles. The van der Waals surface area contributed by atoms with Crippen LogP contribution in [0.5, 0.6) is 0 Å². The molecule has 0 atom stereocenters. The summed E-state index contributed by atoms with van der Waals surface area (Å²) in [5, 5.41) is 0. The van der Waals surface area contributed by atoms with Gasteiger partial charge in [0.25, 0.3) is 0 Å². The molecular formula is C16H18N2O2S. The molecule has 0 amide bonds. The average molecular weight is 302 g/mol. The summed E-state index contributed by atoms with van der Waals surface area (Å²) < 4.78 is 5.37. The molecule has 2 aromatic rings. The van der Waals surface area contributed by atoms with Crippen LogP contribution in [0.2, 0.25) is 0 Å². The monoisotopic (exact) mass is 302 g/mol. The highest BCUT2D eigenvalue weighted by Gasteiger charge is 2.26. The molecule has 0 saturated heterocycles. The van der Waals surface area contributed by atoms with Crippen LogP contribution in [0.15, 0.2) is 24.5 Å². The Kier molecular flexibility index (Phi) is 3.53. The highest BCUT2D eigenvalue weighted by molar-refractivity contribution is 7.17. The Hall–Kier alpha value is -1.75. The lowest BCUT2D eigenvalue weighted by atomic mass is 10.2. The number of nitrogens with zero attached hydrogens (tertiary/aromatic N) is 2. The number of esters is 1. The van der Waals surface area contributed by atoms with Gasteiger partial charge in [0, 0.05) is 28.8 Å². The quantitative estimate of drug-likeness (QED) is 0.803. The minimum atomic E-state index is -0.476. The van der Waals surface area contributed by atoms with E-state index in [2.05, 4.69) is 9.97 Å². The lowest BCUT2D eigenvalue weighted by molar-refractivity contribution is 0.00752. The SMILES string of the molecule is CC(C)(C)OC(=O)c1ccc(-c2cnc(C3CC3)nc2)s1. The van der Waals surface area contributed by atoms with Gasteiger partial charge in [-0.1, -0.05) is 0 Å². The molecule has 0 aliphatic heterocycles. The summed E-state index contributed by atoms with van der Waals surface area (Å²) in [7, 11) is 0. The molecule has 4 nitrogen and oxygen atoms in total. The van der Waals surface area contributed by atoms with Crippen LogP contribution in [0.1, 0.15) is 55.0 Å². The zero-order valence-corrected chi connectivity index (χ0v) is 13.2. The summed E-state index contributed by atoms with van der Waals surface area (Å²) in [6, 6.07) is 3.71. The van der Waals surface area contributed by atoms with Crippen molar-refractivity contribution in [2.24, 2.45) is 0 Å². The molecule has 1 fully saturated rings. The van der Waals surface area contributed by atoms with E-state index < -0.39 is 5.60 Å². The normalized spacial score (nSPS) is 15.0. The van der Waals surface area contributed by atoms with E-state index >= 15 is 0 Å². The molecule has 5 heteroatoms. The molecule has 0 bridgehead atoms. The van der Waals surface area contributed by atoms with Crippen LogP contribution >= 0.6 is 11.3 Å². The average Bonchev–Trinajstić information content (AvgIpc) is 3.14. The van der Waals surface area contributed by atoms with Crippen LogP contribution < -0.4 is 0 Å². The molecule has 0 N–H and O–H groups in total. The van der Waals surface area contributed by atoms with Crippen molar-refractivity contribution in [3.05, 3.63) is 35.2 Å². The number of hydrogen-bond donors (Lipinski definition) is 0. The number of carbonyl (C=O) groups excluding carboxylic acids is 1. The molecule has 1 aliphatic carbocycles. The van der Waals surface area contributed by atoms with Crippen molar-refractivity contribution in [1.82, 2.24) is 9.97 Å². The third-order valence-corrected chi connectivity index (χ3v) is 4.22. The van der Waals surface area contributed by atoms with E-state index in [0.717, 1.165) is 16.3 Å². The Balaban J connectivity index is 1.76. The Morgan fingerprint density at radius 1 is 1.24 bits per heavy atom. The van der Waals surface area contributed by atoms with Crippen LogP contribution in [0.3, 0.4) is 0 Å². The summed E-state index contributed by atoms with van der Waals surface area (Å²) >= 11 is 1.41. The van der Waals surface area contributed by atoms with Gasteiger partial charge < -0.3 is 4.74 Å². The van der Waals surface area contributed by atoms with E-state index in [9.17, 15) is 4.79 Å². The molecule has 0 aromatic carbocycles. The maximum absolute atomic E-state index is 12.0. The molecule has 0 spiro atoms. The second-order valence-corrected chi connectivity index (χ2v) is 7.35. The van der Waals surface area contributed by atoms with Crippen molar-refractivity contribution in [3.8, 4) is 10.4 Å². The van der Waals surface area contributed by atoms with Gasteiger partial charge in [-0.05, 0) is 45.7 Å². The molecule has 1 aliphatic rings. The third kappa shape index (κ3) is 3.47. The number of carbonyl (C=O) groups is 1. The van der Waals surface area contributed by atoms with E-state index in [1.807, 2.05) is 39.2 Å². The Morgan fingerprint density at radius 3 is 2.48 bits per heavy atom. The van der Waals surface area contributed by atoms with E-state index in [1.165, 1.54) is 24.2 Å². The zero-order chi connectivity index (χ0) is 15.0. The van der Waals surface area contributed by atoms with Crippen LogP contribution in [-0.2, 0) is 4.74 Å². The number of thiophene rings is 1. The predicted octanol–water partition coefficient (Wildman–Crippen LogP) is 4.04. The Morgan fingerprint density at radius 2 is 1.90 bits per heavy atom. The maximum Gasteiger partial charge on any atom is 0.348 e. The predicted molar refractivity (Wildman–Crippen MR) is 82.5 cm³/mol. The lowest BCUT2D eigenvalue weighted by Crippen LogP contribution is -2.23. The summed E-state index contributed by atoms with van der Waals surface area (Å²) in [6.45, 7) is 5.59. The molecule has 3 rings (SSSR count). The second kappa shape index (κ2) is 5.22. The number of rotatable bonds is 3. The van der Waals surface area contributed by atoms with Gasteiger partial charge in [-0.25, -0.2) is 14.8 Å². The summed E-state index contributed by atoms with van der Waals surface area (Å²) in [6.07, 6.45) is 6.07. The van der Waals surface area contributed by atoms with E-state index in [1.54, 1.807) is 6.07 Å². The van der Waals surface area contributed by atoms with Crippen LogP contribution in [0.4, 0.5) is 0 Å². The first kappa shape index (κ1) is 14.2. The highest BCUT2D eigenvalue weighted by atomic mass is 32.1. The van der Waals surface area contributed by atoms with Gasteiger partial charge in [0.05, 0.1) is 0 Å². The van der Waals surface area contributed by atoms with Crippen molar-refractivity contribution >= 4 is 17.3 Å². The highest BCUT2D eigenvalue weighted by Crippen LogP contribution is 2.38. The number of hydrogen-bond acceptors (Lipinski definition) is 5. The molecule has 1 saturated carbocycles. The maximum atomic E-state index is 12.0. The lowest BCUT2D eigenvalue weighted by Gasteiger charge is -2.18. The molecule has 21 heavy (non-hydrogen) atoms. The van der Waals surface area contributed by atoms with E-state index in [0.29, 0.717) is 10.8 Å². The molecular weight excluding hydrogens is 284 g/mol. The first-order chi connectivity index (χ1) is 9.92. The molecule has 110 valence electrons. The molecule has 0 radical (unpaired) electrons. The summed E-state index contributed by atoms with van der Waals surface area (Å²) in [5.41, 5.74) is 0.468. The molecule has 0 unspecified atom stereocenters. The third-order valence-electron chi connectivity index (χ3n) is 3.10. The Bertz CT molecular complexity index is 652. The fraction of sp³-hybridized carbons (Fsp3) is 0.438. The fourth-order valence-electron chi connectivity index (χ4n) is 1.95. The van der Waals surface area contributed by atoms with Crippen molar-refractivity contribution in [3.63, 3.8) is 0 Å². The van der Waals surface area contributed by atoms with Gasteiger partial charge in [0.15, 0.2) is 0 Å². The zero-order valence-electron chi connectivity index (χ0n) is 12.4. The first-order valence-corrected chi connectivity index (χ1v) is 7.89. The minimum absolute atomic E-state index is 0.283. The van der Waals surface area contributed by atoms with Crippen LogP contribution in [0.25, 0.3) is 10.4 Å². The van der Waals surface area contributed by atoms with E-state index in [-0.39, 0.29) is 5.97 Å². The molecule has 2 heterocycles. The minimum Gasteiger partial charge on any atom is -0.456 e. The van der Waals surface area contributed by atoms with Gasteiger partial charge in [-0.15, -0.1) is 11.3 Å². The summed E-state index contributed by atoms with van der Waals surface area (Å²) in [4.78, 5) is 22.4. The number of ether oxygens (including phenoxy) is 1. The van der Waals surface area contributed by atoms with E-state index in [4.69, 9.17) is 4.74 Å². The summed E-state index contributed by atoms with van der Waals surface area (Å²) in [5.74, 6) is 1.21.